The van der Waals surface area contributed by atoms with Gasteiger partial charge in [-0.2, -0.15) is 0 Å². The lowest BCUT2D eigenvalue weighted by atomic mass is 10.0. The van der Waals surface area contributed by atoms with Crippen molar-refractivity contribution in [3.63, 3.8) is 0 Å². The number of hydrogen-bond donors (Lipinski definition) is 3. The Labute approximate surface area is 191 Å². The van der Waals surface area contributed by atoms with E-state index in [2.05, 4.69) is 37.2 Å². The Kier molecular flexibility index (Phi) is 9.29. The topological polar surface area (TPSA) is 105 Å². The molecule has 9 heteroatoms. The zero-order valence-electron chi connectivity index (χ0n) is 16.5. The van der Waals surface area contributed by atoms with E-state index in [4.69, 9.17) is 9.47 Å². The van der Waals surface area contributed by atoms with Gasteiger partial charge in [0.2, 0.25) is 0 Å². The number of phenolic OH excluding ortho intramolecular Hbond substituents is 1. The first-order chi connectivity index (χ1) is 14.3. The van der Waals surface area contributed by atoms with Crippen LogP contribution in [0, 0.1) is 0 Å². The second-order valence-corrected chi connectivity index (χ2v) is 8.19. The van der Waals surface area contributed by atoms with E-state index in [0.717, 1.165) is 0 Å². The number of ketones is 1. The number of halogens is 2. The zero-order valence-corrected chi connectivity index (χ0v) is 19.7. The second-order valence-electron chi connectivity index (χ2n) is 6.42. The Bertz CT molecular complexity index is 882. The van der Waals surface area contributed by atoms with E-state index in [1.54, 1.807) is 43.3 Å². The van der Waals surface area contributed by atoms with Gasteiger partial charge in [-0.05, 0) is 66.2 Å². The largest absolute Gasteiger partial charge is 0.506 e. The van der Waals surface area contributed by atoms with Gasteiger partial charge in [0, 0.05) is 40.9 Å². The van der Waals surface area contributed by atoms with Gasteiger partial charge in [0.15, 0.2) is 11.9 Å². The number of phenols is 1. The lowest BCUT2D eigenvalue weighted by Gasteiger charge is -2.28. The fourth-order valence-corrected chi connectivity index (χ4v) is 4.12. The molecule has 0 unspecified atom stereocenters. The predicted octanol–water partition coefficient (Wildman–Crippen LogP) is 5.20. The first-order valence-corrected chi connectivity index (χ1v) is 10.8. The molecular formula is C21H23Br2NO6. The first kappa shape index (κ1) is 24.3. The molecule has 30 heavy (non-hydrogen) atoms. The van der Waals surface area contributed by atoms with Gasteiger partial charge in [0.1, 0.15) is 11.9 Å². The molecule has 0 saturated heterocycles. The fraction of sp³-hybridized carbons (Fsp3) is 0.333. The van der Waals surface area contributed by atoms with E-state index >= 15 is 0 Å². The number of nitrogens with one attached hydrogen (secondary N) is 1. The number of rotatable bonds is 9. The van der Waals surface area contributed by atoms with Gasteiger partial charge >= 0.3 is 6.09 Å². The number of aliphatic hydroxyl groups is 1. The highest BCUT2D eigenvalue weighted by atomic mass is 79.9. The number of Topliss-reactive ketones (excluding diaryl/α,β-unsaturated/α-hetero) is 1. The van der Waals surface area contributed by atoms with Crippen LogP contribution >= 0.6 is 31.9 Å². The van der Waals surface area contributed by atoms with Crippen molar-refractivity contribution in [1.29, 1.82) is 0 Å². The Balaban J connectivity index is 2.30. The molecule has 0 bridgehead atoms. The van der Waals surface area contributed by atoms with Crippen LogP contribution in [0.15, 0.2) is 45.3 Å². The van der Waals surface area contributed by atoms with Crippen molar-refractivity contribution in [2.75, 3.05) is 18.5 Å². The minimum absolute atomic E-state index is 0.0801. The van der Waals surface area contributed by atoms with Gasteiger partial charge in [0.25, 0.3) is 0 Å². The third-order valence-electron chi connectivity index (χ3n) is 4.27. The molecule has 2 aromatic carbocycles. The maximum absolute atomic E-state index is 12.6. The minimum atomic E-state index is -0.984. The van der Waals surface area contributed by atoms with Crippen LogP contribution in [0.4, 0.5) is 10.5 Å². The summed E-state index contributed by atoms with van der Waals surface area (Å²) in [7, 11) is 0. The standard InChI is InChI=1S/C21H23Br2NO6/c1-3-29-18(8-9-25)20(16-10-14(22)11-17(23)19(16)27)30-21(28)24-15-6-4-13(5-7-15)12(2)26/h4-7,10-11,18,20,25,27H,3,8-9H2,1-2H3,(H,24,28)/t18-,20-/m0/s1. The Morgan fingerprint density at radius 1 is 1.17 bits per heavy atom. The summed E-state index contributed by atoms with van der Waals surface area (Å²) in [5, 5.41) is 22.6. The SMILES string of the molecule is CCO[C@@H](CCO)[C@@H](OC(=O)Nc1ccc(C(C)=O)cc1)c1cc(Br)cc(Br)c1O. The second kappa shape index (κ2) is 11.5. The van der Waals surface area contributed by atoms with E-state index in [-0.39, 0.29) is 24.6 Å². The number of aromatic hydroxyl groups is 1. The maximum atomic E-state index is 12.6. The number of hydrogen-bond acceptors (Lipinski definition) is 6. The molecule has 0 aliphatic heterocycles. The van der Waals surface area contributed by atoms with Crippen molar-refractivity contribution in [2.24, 2.45) is 0 Å². The normalized spacial score (nSPS) is 12.8. The van der Waals surface area contributed by atoms with Gasteiger partial charge in [-0.1, -0.05) is 15.9 Å². The Morgan fingerprint density at radius 3 is 2.40 bits per heavy atom. The van der Waals surface area contributed by atoms with E-state index in [9.17, 15) is 19.8 Å². The quantitative estimate of drug-likeness (QED) is 0.375. The highest BCUT2D eigenvalue weighted by molar-refractivity contribution is 9.11. The number of benzene rings is 2. The summed E-state index contributed by atoms with van der Waals surface area (Å²) in [5.74, 6) is -0.173. The molecule has 0 aromatic heterocycles. The van der Waals surface area contributed by atoms with Crippen LogP contribution in [-0.4, -0.2) is 41.4 Å². The maximum Gasteiger partial charge on any atom is 0.412 e. The summed E-state index contributed by atoms with van der Waals surface area (Å²) in [6.45, 7) is 3.39. The Hall–Kier alpha value is -1.94. The lowest BCUT2D eigenvalue weighted by molar-refractivity contribution is -0.0491. The minimum Gasteiger partial charge on any atom is -0.506 e. The molecule has 0 saturated carbocycles. The molecule has 0 heterocycles. The van der Waals surface area contributed by atoms with E-state index in [0.29, 0.717) is 32.4 Å². The third kappa shape index (κ3) is 6.53. The number of carbonyl (C=O) groups is 2. The molecule has 2 aromatic rings. The van der Waals surface area contributed by atoms with Crippen LogP contribution in [0.25, 0.3) is 0 Å². The molecule has 2 rings (SSSR count). The van der Waals surface area contributed by atoms with Crippen molar-refractivity contribution in [3.05, 3.63) is 56.5 Å². The molecule has 1 amide bonds. The van der Waals surface area contributed by atoms with E-state index < -0.39 is 18.3 Å². The third-order valence-corrected chi connectivity index (χ3v) is 5.33. The molecule has 0 fully saturated rings. The van der Waals surface area contributed by atoms with Crippen LogP contribution < -0.4 is 5.32 Å². The summed E-state index contributed by atoms with van der Waals surface area (Å²) in [6.07, 6.45) is -2.24. The smallest absolute Gasteiger partial charge is 0.412 e. The average molecular weight is 545 g/mol. The number of anilines is 1. The van der Waals surface area contributed by atoms with Crippen LogP contribution in [0.2, 0.25) is 0 Å². The first-order valence-electron chi connectivity index (χ1n) is 9.25. The van der Waals surface area contributed by atoms with Crippen LogP contribution in [0.1, 0.15) is 42.3 Å². The van der Waals surface area contributed by atoms with E-state index in [1.165, 1.54) is 6.92 Å². The van der Waals surface area contributed by atoms with Crippen LogP contribution in [0.3, 0.4) is 0 Å². The van der Waals surface area contributed by atoms with Gasteiger partial charge in [-0.15, -0.1) is 0 Å². The molecule has 2 atom stereocenters. The number of amides is 1. The molecule has 0 spiro atoms. The van der Waals surface area contributed by atoms with Gasteiger partial charge < -0.3 is 19.7 Å². The van der Waals surface area contributed by atoms with Crippen molar-refractivity contribution in [3.8, 4) is 5.75 Å². The summed E-state index contributed by atoms with van der Waals surface area (Å²) >= 11 is 6.64. The van der Waals surface area contributed by atoms with Crippen molar-refractivity contribution in [2.45, 2.75) is 32.5 Å². The summed E-state index contributed by atoms with van der Waals surface area (Å²) < 4.78 is 12.4. The molecule has 162 valence electrons. The van der Waals surface area contributed by atoms with Gasteiger partial charge in [-0.3, -0.25) is 10.1 Å². The monoisotopic (exact) mass is 543 g/mol. The average Bonchev–Trinajstić information content (AvgIpc) is 2.69. The predicted molar refractivity (Wildman–Crippen MR) is 120 cm³/mol. The molecule has 0 aliphatic carbocycles. The van der Waals surface area contributed by atoms with Crippen LogP contribution in [-0.2, 0) is 9.47 Å². The van der Waals surface area contributed by atoms with Crippen LogP contribution in [0.5, 0.6) is 5.75 Å². The van der Waals surface area contributed by atoms with Gasteiger partial charge in [-0.25, -0.2) is 4.79 Å². The number of aliphatic hydroxyl groups excluding tert-OH is 1. The molecule has 3 N–H and O–H groups in total. The number of ether oxygens (including phenoxy) is 2. The van der Waals surface area contributed by atoms with Gasteiger partial charge in [0.05, 0.1) is 4.47 Å². The lowest BCUT2D eigenvalue weighted by Crippen LogP contribution is -2.30. The van der Waals surface area contributed by atoms with Crippen molar-refractivity contribution < 1.29 is 29.3 Å². The van der Waals surface area contributed by atoms with Crippen molar-refractivity contribution >= 4 is 49.4 Å². The molecule has 0 aliphatic rings. The number of carbonyl (C=O) groups excluding carboxylic acids is 2. The van der Waals surface area contributed by atoms with Crippen molar-refractivity contribution in [1.82, 2.24) is 0 Å². The summed E-state index contributed by atoms with van der Waals surface area (Å²) in [6, 6.07) is 9.67. The molecule has 7 nitrogen and oxygen atoms in total. The highest BCUT2D eigenvalue weighted by Gasteiger charge is 2.31. The molecule has 0 radical (unpaired) electrons. The zero-order chi connectivity index (χ0) is 22.3. The Morgan fingerprint density at radius 2 is 1.83 bits per heavy atom. The molecular weight excluding hydrogens is 522 g/mol. The summed E-state index contributed by atoms with van der Waals surface area (Å²) in [5.41, 5.74) is 1.29. The van der Waals surface area contributed by atoms with E-state index in [1.807, 2.05) is 0 Å². The highest BCUT2D eigenvalue weighted by Crippen LogP contribution is 2.39. The summed E-state index contributed by atoms with van der Waals surface area (Å²) in [4.78, 5) is 24.0. The fourth-order valence-electron chi connectivity index (χ4n) is 2.86.